The quantitative estimate of drug-likeness (QED) is 0.385. The lowest BCUT2D eigenvalue weighted by atomic mass is 10.2. The second-order valence-electron chi connectivity index (χ2n) is 5.47. The summed E-state index contributed by atoms with van der Waals surface area (Å²) in [5.41, 5.74) is 4.24. The van der Waals surface area contributed by atoms with Crippen molar-refractivity contribution in [2.75, 3.05) is 0 Å². The minimum absolute atomic E-state index is 0.511. The molecule has 5 heteroatoms. The van der Waals surface area contributed by atoms with E-state index in [-0.39, 0.29) is 0 Å². The maximum Gasteiger partial charge on any atom is 0.227 e. The Kier molecular flexibility index (Phi) is 4.26. The first kappa shape index (κ1) is 15.9. The predicted octanol–water partition coefficient (Wildman–Crippen LogP) is 6.55. The molecule has 25 heavy (non-hydrogen) atoms. The van der Waals surface area contributed by atoms with Crippen LogP contribution in [0.1, 0.15) is 5.56 Å². The number of para-hydroxylation sites is 2. The van der Waals surface area contributed by atoms with Crippen LogP contribution in [0.15, 0.2) is 76.1 Å². The molecule has 0 aliphatic heterocycles. The molecule has 0 N–H and O–H groups in total. The van der Waals surface area contributed by atoms with Crippen LogP contribution in [0.2, 0.25) is 10.0 Å². The van der Waals surface area contributed by atoms with Crippen molar-refractivity contribution in [2.45, 2.75) is 0 Å². The highest BCUT2D eigenvalue weighted by Crippen LogP contribution is 2.26. The average molecular weight is 367 g/mol. The number of oxazole rings is 1. The number of benzene rings is 3. The number of hydrogen-bond acceptors (Lipinski definition) is 3. The maximum atomic E-state index is 6.01. The molecule has 0 atom stereocenters. The molecular formula is C20H12Cl2N2O. The Bertz CT molecular complexity index is 1040. The summed E-state index contributed by atoms with van der Waals surface area (Å²) in [7, 11) is 0. The number of aliphatic imine (C=N–C) groups is 1. The Labute approximate surface area is 154 Å². The zero-order chi connectivity index (χ0) is 17.2. The number of rotatable bonds is 3. The third kappa shape index (κ3) is 3.43. The van der Waals surface area contributed by atoms with Gasteiger partial charge in [-0.05, 0) is 54.1 Å². The Hall–Kier alpha value is -2.62. The Morgan fingerprint density at radius 1 is 0.880 bits per heavy atom. The Balaban J connectivity index is 1.57. The van der Waals surface area contributed by atoms with Crippen LogP contribution in [0.4, 0.5) is 5.69 Å². The first-order valence-electron chi connectivity index (χ1n) is 7.64. The van der Waals surface area contributed by atoms with Crippen molar-refractivity contribution >= 4 is 46.2 Å². The van der Waals surface area contributed by atoms with Crippen molar-refractivity contribution in [2.24, 2.45) is 4.99 Å². The molecule has 0 bridgehead atoms. The van der Waals surface area contributed by atoms with Crippen LogP contribution in [0.3, 0.4) is 0 Å². The number of fused-ring (bicyclic) bond motifs is 1. The van der Waals surface area contributed by atoms with Crippen LogP contribution >= 0.6 is 23.2 Å². The van der Waals surface area contributed by atoms with Gasteiger partial charge in [0, 0.05) is 11.8 Å². The Morgan fingerprint density at radius 3 is 2.44 bits per heavy atom. The van der Waals surface area contributed by atoms with E-state index in [2.05, 4.69) is 9.98 Å². The molecule has 4 aromatic rings. The first-order chi connectivity index (χ1) is 12.2. The molecule has 4 rings (SSSR count). The normalized spacial score (nSPS) is 11.4. The van der Waals surface area contributed by atoms with E-state index in [4.69, 9.17) is 27.6 Å². The first-order valence-corrected chi connectivity index (χ1v) is 8.40. The van der Waals surface area contributed by atoms with E-state index in [0.29, 0.717) is 15.9 Å². The highest BCUT2D eigenvalue weighted by Gasteiger charge is 2.07. The molecule has 0 aliphatic carbocycles. The second-order valence-corrected chi connectivity index (χ2v) is 6.28. The summed E-state index contributed by atoms with van der Waals surface area (Å²) in [6.45, 7) is 0. The second kappa shape index (κ2) is 6.71. The number of aromatic nitrogens is 1. The largest absolute Gasteiger partial charge is 0.436 e. The summed E-state index contributed by atoms with van der Waals surface area (Å²) >= 11 is 11.9. The average Bonchev–Trinajstić information content (AvgIpc) is 3.07. The van der Waals surface area contributed by atoms with Gasteiger partial charge in [-0.25, -0.2) is 4.98 Å². The van der Waals surface area contributed by atoms with E-state index in [1.54, 1.807) is 18.3 Å². The monoisotopic (exact) mass is 366 g/mol. The van der Waals surface area contributed by atoms with E-state index in [9.17, 15) is 0 Å². The summed E-state index contributed by atoms with van der Waals surface area (Å²) in [5.74, 6) is 0.598. The van der Waals surface area contributed by atoms with E-state index < -0.39 is 0 Å². The third-order valence-electron chi connectivity index (χ3n) is 3.71. The van der Waals surface area contributed by atoms with Crippen LogP contribution in [0.25, 0.3) is 22.6 Å². The molecule has 0 amide bonds. The molecule has 3 aromatic carbocycles. The molecule has 1 heterocycles. The molecule has 122 valence electrons. The Morgan fingerprint density at radius 2 is 1.68 bits per heavy atom. The molecule has 0 aliphatic rings. The van der Waals surface area contributed by atoms with Gasteiger partial charge in [0.15, 0.2) is 5.58 Å². The van der Waals surface area contributed by atoms with Crippen LogP contribution < -0.4 is 0 Å². The number of hydrogen-bond donors (Lipinski definition) is 0. The van der Waals surface area contributed by atoms with Gasteiger partial charge in [0.05, 0.1) is 15.7 Å². The molecule has 0 radical (unpaired) electrons. The fourth-order valence-corrected chi connectivity index (χ4v) is 2.73. The van der Waals surface area contributed by atoms with Crippen molar-refractivity contribution in [3.63, 3.8) is 0 Å². The zero-order valence-electron chi connectivity index (χ0n) is 13.0. The maximum absolute atomic E-state index is 6.01. The van der Waals surface area contributed by atoms with Crippen molar-refractivity contribution in [1.82, 2.24) is 4.98 Å². The highest BCUT2D eigenvalue weighted by molar-refractivity contribution is 6.42. The zero-order valence-corrected chi connectivity index (χ0v) is 14.5. The van der Waals surface area contributed by atoms with Gasteiger partial charge in [-0.3, -0.25) is 4.99 Å². The molecule has 0 saturated carbocycles. The predicted molar refractivity (Wildman–Crippen MR) is 103 cm³/mol. The van der Waals surface area contributed by atoms with Gasteiger partial charge in [-0.2, -0.15) is 0 Å². The van der Waals surface area contributed by atoms with E-state index in [0.717, 1.165) is 27.9 Å². The highest BCUT2D eigenvalue weighted by atomic mass is 35.5. The van der Waals surface area contributed by atoms with E-state index in [1.807, 2.05) is 54.6 Å². The van der Waals surface area contributed by atoms with Gasteiger partial charge in [0.2, 0.25) is 5.89 Å². The lowest BCUT2D eigenvalue weighted by Crippen LogP contribution is -1.81. The van der Waals surface area contributed by atoms with Gasteiger partial charge in [0.1, 0.15) is 5.52 Å². The van der Waals surface area contributed by atoms with E-state index >= 15 is 0 Å². The minimum Gasteiger partial charge on any atom is -0.436 e. The van der Waals surface area contributed by atoms with Crippen molar-refractivity contribution in [1.29, 1.82) is 0 Å². The fraction of sp³-hybridized carbons (Fsp3) is 0. The standard InChI is InChI=1S/C20H12Cl2N2O/c21-16-10-5-13(11-17(16)22)12-23-15-8-6-14(7-9-15)20-24-18-3-1-2-4-19(18)25-20/h1-12H. The molecule has 1 aromatic heterocycles. The number of nitrogens with zero attached hydrogens (tertiary/aromatic N) is 2. The van der Waals surface area contributed by atoms with Crippen molar-refractivity contribution < 1.29 is 4.42 Å². The fourth-order valence-electron chi connectivity index (χ4n) is 2.43. The van der Waals surface area contributed by atoms with Crippen LogP contribution in [0, 0.1) is 0 Å². The summed E-state index contributed by atoms with van der Waals surface area (Å²) in [6.07, 6.45) is 1.75. The minimum atomic E-state index is 0.511. The summed E-state index contributed by atoms with van der Waals surface area (Å²) in [4.78, 5) is 8.94. The smallest absolute Gasteiger partial charge is 0.227 e. The van der Waals surface area contributed by atoms with Crippen molar-refractivity contribution in [3.8, 4) is 11.5 Å². The van der Waals surface area contributed by atoms with Gasteiger partial charge in [0.25, 0.3) is 0 Å². The SMILES string of the molecule is Clc1ccc(C=Nc2ccc(-c3nc4ccccc4o3)cc2)cc1Cl. The van der Waals surface area contributed by atoms with Crippen molar-refractivity contribution in [3.05, 3.63) is 82.3 Å². The molecule has 3 nitrogen and oxygen atoms in total. The van der Waals surface area contributed by atoms with Gasteiger partial charge < -0.3 is 4.42 Å². The molecular weight excluding hydrogens is 355 g/mol. The summed E-state index contributed by atoms with van der Waals surface area (Å²) in [5, 5.41) is 1.04. The molecule has 0 saturated heterocycles. The van der Waals surface area contributed by atoms with Gasteiger partial charge in [-0.1, -0.05) is 41.4 Å². The third-order valence-corrected chi connectivity index (χ3v) is 4.45. The molecule has 0 unspecified atom stereocenters. The van der Waals surface area contributed by atoms with Crippen LogP contribution in [0.5, 0.6) is 0 Å². The van der Waals surface area contributed by atoms with Crippen LogP contribution in [-0.2, 0) is 0 Å². The number of halogens is 2. The molecule has 0 fully saturated rings. The summed E-state index contributed by atoms with van der Waals surface area (Å²) < 4.78 is 5.77. The topological polar surface area (TPSA) is 38.4 Å². The lowest BCUT2D eigenvalue weighted by Gasteiger charge is -1.99. The van der Waals surface area contributed by atoms with Gasteiger partial charge >= 0.3 is 0 Å². The van der Waals surface area contributed by atoms with Gasteiger partial charge in [-0.15, -0.1) is 0 Å². The van der Waals surface area contributed by atoms with Crippen LogP contribution in [-0.4, -0.2) is 11.2 Å². The van der Waals surface area contributed by atoms with E-state index in [1.165, 1.54) is 0 Å². The lowest BCUT2D eigenvalue weighted by molar-refractivity contribution is 0.620. The molecule has 0 spiro atoms. The summed E-state index contributed by atoms with van der Waals surface area (Å²) in [6, 6.07) is 20.8.